The summed E-state index contributed by atoms with van der Waals surface area (Å²) in [7, 11) is 0. The number of hydrogen-bond acceptors (Lipinski definition) is 2. The van der Waals surface area contributed by atoms with Crippen molar-refractivity contribution >= 4 is 5.78 Å². The monoisotopic (exact) mass is 195 g/mol. The molecule has 1 aromatic heterocycles. The fraction of sp³-hybridized carbons (Fsp3) is 0.455. The minimum Gasteiger partial charge on any atom is -0.300 e. The normalized spacial score (nSPS) is 10.6. The van der Waals surface area contributed by atoms with E-state index >= 15 is 0 Å². The van der Waals surface area contributed by atoms with Crippen LogP contribution in [0.2, 0.25) is 0 Å². The van der Waals surface area contributed by atoms with Crippen molar-refractivity contribution in [1.29, 1.82) is 0 Å². The Kier molecular flexibility index (Phi) is 3.33. The van der Waals surface area contributed by atoms with Crippen LogP contribution in [-0.4, -0.2) is 10.8 Å². The third-order valence-corrected chi connectivity index (χ3v) is 2.00. The summed E-state index contributed by atoms with van der Waals surface area (Å²) in [6, 6.07) is 1.72. The molecule has 14 heavy (non-hydrogen) atoms. The van der Waals surface area contributed by atoms with Crippen molar-refractivity contribution in [2.75, 3.05) is 0 Å². The highest BCUT2D eigenvalue weighted by molar-refractivity contribution is 5.78. The predicted octanol–water partition coefficient (Wildman–Crippen LogP) is 2.48. The zero-order valence-corrected chi connectivity index (χ0v) is 8.67. The number of carbonyl (C=O) groups is 1. The molecular formula is C11H14FNO. The van der Waals surface area contributed by atoms with Crippen LogP contribution in [0.25, 0.3) is 0 Å². The third kappa shape index (κ3) is 2.62. The first-order valence-corrected chi connectivity index (χ1v) is 4.64. The lowest BCUT2D eigenvalue weighted by Crippen LogP contribution is -2.02. The van der Waals surface area contributed by atoms with Crippen LogP contribution in [0.4, 0.5) is 4.39 Å². The van der Waals surface area contributed by atoms with Crippen LogP contribution in [0.1, 0.15) is 37.8 Å². The molecule has 0 bridgehead atoms. The maximum atomic E-state index is 13.2. The van der Waals surface area contributed by atoms with Crippen molar-refractivity contribution in [3.63, 3.8) is 0 Å². The SMILES string of the molecule is CC(=O)Cc1cnc(F)c(C(C)C)c1. The largest absolute Gasteiger partial charge is 0.300 e. The van der Waals surface area contributed by atoms with Gasteiger partial charge in [-0.25, -0.2) is 4.98 Å². The van der Waals surface area contributed by atoms with Gasteiger partial charge in [0.2, 0.25) is 5.95 Å². The standard InChI is InChI=1S/C11H14FNO/c1-7(2)10-5-9(4-8(3)14)6-13-11(10)12/h5-7H,4H2,1-3H3. The summed E-state index contributed by atoms with van der Waals surface area (Å²) in [4.78, 5) is 14.5. The van der Waals surface area contributed by atoms with E-state index in [2.05, 4.69) is 4.98 Å². The van der Waals surface area contributed by atoms with Crippen molar-refractivity contribution in [2.45, 2.75) is 33.1 Å². The van der Waals surface area contributed by atoms with Gasteiger partial charge in [-0.3, -0.25) is 4.79 Å². The number of Topliss-reactive ketones (excluding diaryl/α,β-unsaturated/α-hetero) is 1. The molecule has 0 atom stereocenters. The number of rotatable bonds is 3. The molecule has 0 unspecified atom stereocenters. The number of hydrogen-bond donors (Lipinski definition) is 0. The molecule has 0 saturated heterocycles. The molecule has 0 N–H and O–H groups in total. The van der Waals surface area contributed by atoms with Gasteiger partial charge in [0.05, 0.1) is 0 Å². The van der Waals surface area contributed by atoms with Crippen molar-refractivity contribution in [1.82, 2.24) is 4.98 Å². The Morgan fingerprint density at radius 2 is 2.21 bits per heavy atom. The minimum atomic E-state index is -0.438. The second-order valence-corrected chi connectivity index (χ2v) is 3.76. The second-order valence-electron chi connectivity index (χ2n) is 3.76. The first kappa shape index (κ1) is 10.8. The molecule has 2 nitrogen and oxygen atoms in total. The number of pyridine rings is 1. The van der Waals surface area contributed by atoms with Crippen molar-refractivity contribution in [3.8, 4) is 0 Å². The molecule has 1 heterocycles. The van der Waals surface area contributed by atoms with Gasteiger partial charge < -0.3 is 0 Å². The molecular weight excluding hydrogens is 181 g/mol. The Morgan fingerprint density at radius 3 is 2.71 bits per heavy atom. The molecule has 0 amide bonds. The van der Waals surface area contributed by atoms with Crippen LogP contribution in [0.15, 0.2) is 12.3 Å². The molecule has 1 aromatic rings. The van der Waals surface area contributed by atoms with Crippen LogP contribution >= 0.6 is 0 Å². The predicted molar refractivity (Wildman–Crippen MR) is 52.7 cm³/mol. The van der Waals surface area contributed by atoms with Gasteiger partial charge in [-0.1, -0.05) is 13.8 Å². The zero-order chi connectivity index (χ0) is 10.7. The van der Waals surface area contributed by atoms with Crippen LogP contribution in [0, 0.1) is 5.95 Å². The van der Waals surface area contributed by atoms with E-state index in [1.165, 1.54) is 13.1 Å². The fourth-order valence-corrected chi connectivity index (χ4v) is 1.30. The summed E-state index contributed by atoms with van der Waals surface area (Å²) in [5.41, 5.74) is 1.35. The summed E-state index contributed by atoms with van der Waals surface area (Å²) in [6.07, 6.45) is 1.75. The number of carbonyl (C=O) groups excluding carboxylic acids is 1. The van der Waals surface area contributed by atoms with Gasteiger partial charge >= 0.3 is 0 Å². The van der Waals surface area contributed by atoms with E-state index in [1.807, 2.05) is 13.8 Å². The van der Waals surface area contributed by atoms with Crippen LogP contribution in [0.3, 0.4) is 0 Å². The van der Waals surface area contributed by atoms with E-state index in [0.29, 0.717) is 12.0 Å². The molecule has 0 aliphatic rings. The highest BCUT2D eigenvalue weighted by Gasteiger charge is 2.09. The van der Waals surface area contributed by atoms with E-state index in [1.54, 1.807) is 6.07 Å². The topological polar surface area (TPSA) is 30.0 Å². The Balaban J connectivity index is 3.00. The van der Waals surface area contributed by atoms with E-state index < -0.39 is 5.95 Å². The number of halogens is 1. The summed E-state index contributed by atoms with van der Waals surface area (Å²) in [6.45, 7) is 5.31. The third-order valence-electron chi connectivity index (χ3n) is 2.00. The van der Waals surface area contributed by atoms with Crippen LogP contribution in [0.5, 0.6) is 0 Å². The van der Waals surface area contributed by atoms with Gasteiger partial charge in [0.15, 0.2) is 0 Å². The summed E-state index contributed by atoms with van der Waals surface area (Å²) in [5.74, 6) is -0.283. The Bertz CT molecular complexity index is 347. The first-order valence-electron chi connectivity index (χ1n) is 4.64. The number of ketones is 1. The molecule has 1 rings (SSSR count). The molecule has 76 valence electrons. The molecule has 0 aliphatic heterocycles. The van der Waals surface area contributed by atoms with Crippen molar-refractivity contribution in [3.05, 3.63) is 29.3 Å². The summed E-state index contributed by atoms with van der Waals surface area (Å²) in [5, 5.41) is 0. The second kappa shape index (κ2) is 4.31. The Labute approximate surface area is 83.2 Å². The molecule has 0 saturated carbocycles. The molecule has 0 fully saturated rings. The van der Waals surface area contributed by atoms with Gasteiger partial charge in [-0.15, -0.1) is 0 Å². The minimum absolute atomic E-state index is 0.0631. The summed E-state index contributed by atoms with van der Waals surface area (Å²) >= 11 is 0. The molecule has 0 spiro atoms. The van der Waals surface area contributed by atoms with Crippen molar-refractivity contribution < 1.29 is 9.18 Å². The lowest BCUT2D eigenvalue weighted by Gasteiger charge is -2.07. The van der Waals surface area contributed by atoms with Crippen LogP contribution < -0.4 is 0 Å². The number of aromatic nitrogens is 1. The molecule has 0 radical (unpaired) electrons. The van der Waals surface area contributed by atoms with Gasteiger partial charge in [-0.05, 0) is 24.5 Å². The highest BCUT2D eigenvalue weighted by Crippen LogP contribution is 2.18. The fourth-order valence-electron chi connectivity index (χ4n) is 1.30. The first-order chi connectivity index (χ1) is 6.50. The quantitative estimate of drug-likeness (QED) is 0.693. The van der Waals surface area contributed by atoms with Gasteiger partial charge in [0.1, 0.15) is 5.78 Å². The van der Waals surface area contributed by atoms with E-state index in [9.17, 15) is 9.18 Å². The maximum Gasteiger partial charge on any atom is 0.216 e. The molecule has 3 heteroatoms. The Hall–Kier alpha value is -1.25. The van der Waals surface area contributed by atoms with Crippen molar-refractivity contribution in [2.24, 2.45) is 0 Å². The highest BCUT2D eigenvalue weighted by atomic mass is 19.1. The Morgan fingerprint density at radius 1 is 1.57 bits per heavy atom. The van der Waals surface area contributed by atoms with Gasteiger partial charge in [-0.2, -0.15) is 4.39 Å². The van der Waals surface area contributed by atoms with E-state index in [-0.39, 0.29) is 11.7 Å². The van der Waals surface area contributed by atoms with Gasteiger partial charge in [0, 0.05) is 18.2 Å². The van der Waals surface area contributed by atoms with E-state index in [4.69, 9.17) is 0 Å². The average molecular weight is 195 g/mol. The molecule has 0 aromatic carbocycles. The van der Waals surface area contributed by atoms with E-state index in [0.717, 1.165) is 5.56 Å². The smallest absolute Gasteiger partial charge is 0.216 e. The summed E-state index contributed by atoms with van der Waals surface area (Å²) < 4.78 is 13.2. The van der Waals surface area contributed by atoms with Gasteiger partial charge in [0.25, 0.3) is 0 Å². The lowest BCUT2D eigenvalue weighted by molar-refractivity contribution is -0.116. The number of nitrogens with zero attached hydrogens (tertiary/aromatic N) is 1. The molecule has 0 aliphatic carbocycles. The lowest BCUT2D eigenvalue weighted by atomic mass is 10.0. The average Bonchev–Trinajstić information content (AvgIpc) is 2.07. The zero-order valence-electron chi connectivity index (χ0n) is 8.67. The van der Waals surface area contributed by atoms with Crippen LogP contribution in [-0.2, 0) is 11.2 Å². The maximum absolute atomic E-state index is 13.2.